The standard InChI is InChI=1S/C14H21N2O/c1-15-5-6-16(2)14(15)10-17-9-13-8-11-3-4-12(13)7-11/h3-6,11-13H,7-10H2,1-2H3/q+1. The van der Waals surface area contributed by atoms with Gasteiger partial charge in [-0.05, 0) is 30.6 Å². The molecule has 0 radical (unpaired) electrons. The van der Waals surface area contributed by atoms with Crippen LogP contribution in [0.2, 0.25) is 0 Å². The zero-order valence-corrected chi connectivity index (χ0v) is 10.7. The van der Waals surface area contributed by atoms with Crippen LogP contribution in [0.4, 0.5) is 0 Å². The Morgan fingerprint density at radius 3 is 2.88 bits per heavy atom. The summed E-state index contributed by atoms with van der Waals surface area (Å²) in [4.78, 5) is 0. The van der Waals surface area contributed by atoms with E-state index in [0.717, 1.165) is 31.0 Å². The van der Waals surface area contributed by atoms with Gasteiger partial charge in [0.2, 0.25) is 0 Å². The van der Waals surface area contributed by atoms with E-state index in [-0.39, 0.29) is 0 Å². The van der Waals surface area contributed by atoms with Crippen molar-refractivity contribution >= 4 is 0 Å². The van der Waals surface area contributed by atoms with Crippen molar-refractivity contribution in [3.63, 3.8) is 0 Å². The van der Waals surface area contributed by atoms with Crippen molar-refractivity contribution in [1.82, 2.24) is 4.57 Å². The van der Waals surface area contributed by atoms with E-state index < -0.39 is 0 Å². The maximum atomic E-state index is 5.90. The van der Waals surface area contributed by atoms with Crippen molar-refractivity contribution < 1.29 is 9.30 Å². The number of ether oxygens (including phenoxy) is 1. The molecule has 1 saturated carbocycles. The molecule has 0 spiro atoms. The predicted molar refractivity (Wildman–Crippen MR) is 65.1 cm³/mol. The van der Waals surface area contributed by atoms with Crippen LogP contribution in [-0.4, -0.2) is 11.2 Å². The van der Waals surface area contributed by atoms with Crippen LogP contribution < -0.4 is 4.57 Å². The first-order valence-electron chi connectivity index (χ1n) is 6.50. The van der Waals surface area contributed by atoms with Gasteiger partial charge in [-0.15, -0.1) is 0 Å². The number of hydrogen-bond acceptors (Lipinski definition) is 1. The molecule has 1 aromatic heterocycles. The maximum absolute atomic E-state index is 5.90. The summed E-state index contributed by atoms with van der Waals surface area (Å²) in [6.45, 7) is 1.63. The Morgan fingerprint density at radius 2 is 2.29 bits per heavy atom. The molecule has 2 aliphatic rings. The number of aryl methyl sites for hydroxylation is 2. The highest BCUT2D eigenvalue weighted by atomic mass is 16.5. The summed E-state index contributed by atoms with van der Waals surface area (Å²) in [6, 6.07) is 0. The highest BCUT2D eigenvalue weighted by Crippen LogP contribution is 2.43. The van der Waals surface area contributed by atoms with Crippen molar-refractivity contribution in [3.05, 3.63) is 30.4 Å². The van der Waals surface area contributed by atoms with Gasteiger partial charge in [0.1, 0.15) is 19.0 Å². The van der Waals surface area contributed by atoms with Gasteiger partial charge in [-0.2, -0.15) is 0 Å². The lowest BCUT2D eigenvalue weighted by molar-refractivity contribution is -0.680. The Balaban J connectivity index is 1.51. The third kappa shape index (κ3) is 2.04. The number of allylic oxidation sites excluding steroid dienone is 2. The van der Waals surface area contributed by atoms with Gasteiger partial charge in [0.05, 0.1) is 20.7 Å². The Bertz CT molecular complexity index is 416. The van der Waals surface area contributed by atoms with E-state index in [1.165, 1.54) is 18.7 Å². The van der Waals surface area contributed by atoms with Gasteiger partial charge in [0, 0.05) is 0 Å². The predicted octanol–water partition coefficient (Wildman–Crippen LogP) is 1.58. The van der Waals surface area contributed by atoms with Gasteiger partial charge in [-0.1, -0.05) is 12.2 Å². The summed E-state index contributed by atoms with van der Waals surface area (Å²) < 4.78 is 10.2. The molecule has 0 N–H and O–H groups in total. The van der Waals surface area contributed by atoms with E-state index in [9.17, 15) is 0 Å². The van der Waals surface area contributed by atoms with Gasteiger partial charge in [-0.25, -0.2) is 9.13 Å². The molecular formula is C14H21N2O+. The van der Waals surface area contributed by atoms with Gasteiger partial charge in [-0.3, -0.25) is 0 Å². The molecule has 17 heavy (non-hydrogen) atoms. The molecule has 0 aliphatic heterocycles. The van der Waals surface area contributed by atoms with E-state index >= 15 is 0 Å². The Kier molecular flexibility index (Phi) is 2.79. The number of hydrogen-bond donors (Lipinski definition) is 0. The van der Waals surface area contributed by atoms with Crippen LogP contribution in [0.3, 0.4) is 0 Å². The molecule has 3 atom stereocenters. The Hall–Kier alpha value is -1.09. The van der Waals surface area contributed by atoms with Crippen LogP contribution in [-0.2, 0) is 25.4 Å². The van der Waals surface area contributed by atoms with Crippen molar-refractivity contribution in [1.29, 1.82) is 0 Å². The highest BCUT2D eigenvalue weighted by molar-refractivity contribution is 5.09. The van der Waals surface area contributed by atoms with E-state index in [1.807, 2.05) is 0 Å². The molecule has 0 aromatic carbocycles. The van der Waals surface area contributed by atoms with Crippen LogP contribution >= 0.6 is 0 Å². The van der Waals surface area contributed by atoms with Crippen LogP contribution in [0.25, 0.3) is 0 Å². The normalized spacial score (nSPS) is 30.4. The molecular weight excluding hydrogens is 212 g/mol. The van der Waals surface area contributed by atoms with Crippen molar-refractivity contribution in [2.24, 2.45) is 31.8 Å². The molecule has 1 aromatic rings. The summed E-state index contributed by atoms with van der Waals surface area (Å²) >= 11 is 0. The molecule has 0 saturated heterocycles. The average molecular weight is 233 g/mol. The molecule has 92 valence electrons. The molecule has 2 bridgehead atoms. The third-order valence-electron chi connectivity index (χ3n) is 4.31. The lowest BCUT2D eigenvalue weighted by atomic mass is 9.95. The average Bonchev–Trinajstić information content (AvgIpc) is 2.99. The summed E-state index contributed by atoms with van der Waals surface area (Å²) in [5, 5.41) is 0. The molecule has 3 heteroatoms. The van der Waals surface area contributed by atoms with Crippen molar-refractivity contribution in [2.45, 2.75) is 19.4 Å². The minimum atomic E-state index is 0.720. The lowest BCUT2D eigenvalue weighted by Gasteiger charge is -2.17. The molecule has 1 fully saturated rings. The fourth-order valence-corrected chi connectivity index (χ4v) is 3.21. The second kappa shape index (κ2) is 4.30. The van der Waals surface area contributed by atoms with E-state index in [2.05, 4.69) is 47.8 Å². The number of rotatable bonds is 4. The summed E-state index contributed by atoms with van der Waals surface area (Å²) in [5.41, 5.74) is 0. The number of nitrogens with zero attached hydrogens (tertiary/aromatic N) is 2. The minimum Gasteiger partial charge on any atom is -0.368 e. The molecule has 0 amide bonds. The van der Waals surface area contributed by atoms with Gasteiger partial charge < -0.3 is 4.74 Å². The molecule has 3 rings (SSSR count). The lowest BCUT2D eigenvalue weighted by Crippen LogP contribution is -2.32. The highest BCUT2D eigenvalue weighted by Gasteiger charge is 2.35. The molecule has 1 heterocycles. The largest absolute Gasteiger partial charge is 0.368 e. The molecule has 3 nitrogen and oxygen atoms in total. The van der Waals surface area contributed by atoms with Crippen LogP contribution in [0.1, 0.15) is 18.7 Å². The second-order valence-corrected chi connectivity index (χ2v) is 5.49. The number of imidazole rings is 1. The molecule has 2 aliphatic carbocycles. The van der Waals surface area contributed by atoms with Gasteiger partial charge >= 0.3 is 0 Å². The van der Waals surface area contributed by atoms with Crippen LogP contribution in [0, 0.1) is 17.8 Å². The first kappa shape index (κ1) is 11.0. The third-order valence-corrected chi connectivity index (χ3v) is 4.31. The summed E-state index contributed by atoms with van der Waals surface area (Å²) in [5.74, 6) is 3.63. The zero-order chi connectivity index (χ0) is 11.8. The quantitative estimate of drug-likeness (QED) is 0.570. The topological polar surface area (TPSA) is 18.0 Å². The SMILES string of the molecule is Cn1cc[n+](C)c1COCC1CC2C=CC1C2. The molecule has 3 unspecified atom stereocenters. The fraction of sp³-hybridized carbons (Fsp3) is 0.643. The first-order valence-corrected chi connectivity index (χ1v) is 6.50. The van der Waals surface area contributed by atoms with Crippen molar-refractivity contribution in [2.75, 3.05) is 6.61 Å². The monoisotopic (exact) mass is 233 g/mol. The maximum Gasteiger partial charge on any atom is 0.282 e. The zero-order valence-electron chi connectivity index (χ0n) is 10.7. The Morgan fingerprint density at radius 1 is 1.41 bits per heavy atom. The van der Waals surface area contributed by atoms with Gasteiger partial charge in [0.15, 0.2) is 0 Å². The number of fused-ring (bicyclic) bond motifs is 2. The Labute approximate surface area is 103 Å². The van der Waals surface area contributed by atoms with E-state index in [4.69, 9.17) is 4.74 Å². The number of aromatic nitrogens is 2. The smallest absolute Gasteiger partial charge is 0.282 e. The fourth-order valence-electron chi connectivity index (χ4n) is 3.21. The summed E-state index contributed by atoms with van der Waals surface area (Å²) in [6.07, 6.45) is 11.6. The van der Waals surface area contributed by atoms with Gasteiger partial charge in [0.25, 0.3) is 5.82 Å². The minimum absolute atomic E-state index is 0.720. The van der Waals surface area contributed by atoms with E-state index in [1.54, 1.807) is 0 Å². The van der Waals surface area contributed by atoms with Crippen molar-refractivity contribution in [3.8, 4) is 0 Å². The van der Waals surface area contributed by atoms with Crippen LogP contribution in [0.15, 0.2) is 24.5 Å². The van der Waals surface area contributed by atoms with E-state index in [0.29, 0.717) is 0 Å². The first-order chi connectivity index (χ1) is 8.24. The second-order valence-electron chi connectivity index (χ2n) is 5.49. The summed E-state index contributed by atoms with van der Waals surface area (Å²) in [7, 11) is 4.14. The van der Waals surface area contributed by atoms with Crippen LogP contribution in [0.5, 0.6) is 0 Å².